The van der Waals surface area contributed by atoms with E-state index in [4.69, 9.17) is 20.5 Å². The number of benzene rings is 1. The molecule has 1 aliphatic rings. The number of nitriles is 1. The topological polar surface area (TPSA) is 144 Å². The largest absolute Gasteiger partial charge is 0.478 e. The van der Waals surface area contributed by atoms with Crippen LogP contribution in [0.25, 0.3) is 0 Å². The molecule has 1 heterocycles. The van der Waals surface area contributed by atoms with Gasteiger partial charge in [0.2, 0.25) is 5.91 Å². The Morgan fingerprint density at radius 2 is 2.15 bits per heavy atom. The second-order valence-corrected chi connectivity index (χ2v) is 6.72. The number of hydrogen-bond acceptors (Lipinski definition) is 6. The Morgan fingerprint density at radius 3 is 2.73 bits per heavy atom. The van der Waals surface area contributed by atoms with Crippen LogP contribution < -0.4 is 21.1 Å². The van der Waals surface area contributed by atoms with Gasteiger partial charge in [-0.2, -0.15) is 5.26 Å². The summed E-state index contributed by atoms with van der Waals surface area (Å²) in [6.07, 6.45) is -2.08. The third-order valence-corrected chi connectivity index (χ3v) is 3.44. The number of carbonyl (C=O) groups excluding carboxylic acids is 3. The molecule has 26 heavy (non-hydrogen) atoms. The van der Waals surface area contributed by atoms with E-state index in [2.05, 4.69) is 10.6 Å². The maximum Gasteiger partial charge on any atom is 0.408 e. The fourth-order valence-electron chi connectivity index (χ4n) is 2.33. The van der Waals surface area contributed by atoms with E-state index in [0.717, 1.165) is 0 Å². The van der Waals surface area contributed by atoms with E-state index in [1.165, 1.54) is 0 Å². The number of alkyl carbamates (subject to hydrolysis) is 1. The quantitative estimate of drug-likeness (QED) is 0.731. The lowest BCUT2D eigenvalue weighted by Gasteiger charge is -2.29. The Hall–Kier alpha value is -3.28. The van der Waals surface area contributed by atoms with Crippen molar-refractivity contribution < 1.29 is 23.9 Å². The third kappa shape index (κ3) is 4.63. The summed E-state index contributed by atoms with van der Waals surface area (Å²) in [5.41, 5.74) is 5.09. The first-order valence-corrected chi connectivity index (χ1v) is 7.90. The molecule has 9 heteroatoms. The Morgan fingerprint density at radius 1 is 1.46 bits per heavy atom. The van der Waals surface area contributed by atoms with Gasteiger partial charge in [-0.25, -0.2) is 4.79 Å². The lowest BCUT2D eigenvalue weighted by Crippen LogP contribution is -2.51. The molecule has 0 aliphatic carbocycles. The molecule has 2 rings (SSSR count). The highest BCUT2D eigenvalue weighted by Crippen LogP contribution is 2.33. The number of nitrogens with two attached hydrogens (primary N) is 1. The van der Waals surface area contributed by atoms with E-state index in [1.807, 2.05) is 6.07 Å². The van der Waals surface area contributed by atoms with Gasteiger partial charge in [-0.1, -0.05) is 6.07 Å². The number of ether oxygens (including phenoxy) is 2. The van der Waals surface area contributed by atoms with E-state index in [-0.39, 0.29) is 17.7 Å². The van der Waals surface area contributed by atoms with E-state index in [0.29, 0.717) is 5.75 Å². The van der Waals surface area contributed by atoms with Gasteiger partial charge in [0, 0.05) is 6.42 Å². The van der Waals surface area contributed by atoms with E-state index >= 15 is 0 Å². The normalized spacial score (nSPS) is 17.0. The summed E-state index contributed by atoms with van der Waals surface area (Å²) in [6, 6.07) is 5.52. The minimum Gasteiger partial charge on any atom is -0.478 e. The minimum atomic E-state index is -1.17. The van der Waals surface area contributed by atoms with Gasteiger partial charge >= 0.3 is 6.09 Å². The summed E-state index contributed by atoms with van der Waals surface area (Å²) < 4.78 is 10.7. The summed E-state index contributed by atoms with van der Waals surface area (Å²) in [7, 11) is 0. The maximum absolute atomic E-state index is 12.3. The molecule has 1 aromatic carbocycles. The number of fused-ring (bicyclic) bond motifs is 1. The second-order valence-electron chi connectivity index (χ2n) is 6.72. The van der Waals surface area contributed by atoms with Gasteiger partial charge in [0.05, 0.1) is 5.56 Å². The molecule has 1 unspecified atom stereocenters. The molecule has 0 saturated carbocycles. The molecule has 0 bridgehead atoms. The Balaban J connectivity index is 2.12. The zero-order valence-corrected chi connectivity index (χ0v) is 14.7. The van der Waals surface area contributed by atoms with Crippen LogP contribution in [0.5, 0.6) is 5.75 Å². The zero-order valence-electron chi connectivity index (χ0n) is 14.7. The van der Waals surface area contributed by atoms with Crippen molar-refractivity contribution >= 4 is 23.6 Å². The summed E-state index contributed by atoms with van der Waals surface area (Å²) in [5, 5.41) is 14.0. The SMILES string of the molecule is CC(C)(C)OC(=O)NC(C[C@@H]1Oc2cccc(C#N)c2NC1=O)C(N)=O. The fraction of sp³-hybridized carbons (Fsp3) is 0.412. The van der Waals surface area contributed by atoms with Crippen LogP contribution in [-0.4, -0.2) is 35.7 Å². The number of para-hydroxylation sites is 1. The van der Waals surface area contributed by atoms with Gasteiger partial charge in [-0.15, -0.1) is 0 Å². The lowest BCUT2D eigenvalue weighted by molar-refractivity contribution is -0.125. The van der Waals surface area contributed by atoms with Gasteiger partial charge in [0.25, 0.3) is 5.91 Å². The van der Waals surface area contributed by atoms with E-state index in [1.54, 1.807) is 39.0 Å². The third-order valence-electron chi connectivity index (χ3n) is 3.44. The smallest absolute Gasteiger partial charge is 0.408 e. The average Bonchev–Trinajstić information content (AvgIpc) is 2.52. The molecule has 0 saturated heterocycles. The molecule has 4 N–H and O–H groups in total. The summed E-state index contributed by atoms with van der Waals surface area (Å²) in [4.78, 5) is 35.8. The number of hydrogen-bond donors (Lipinski definition) is 3. The molecule has 9 nitrogen and oxygen atoms in total. The van der Waals surface area contributed by atoms with Crippen molar-refractivity contribution in [2.75, 3.05) is 5.32 Å². The van der Waals surface area contributed by atoms with E-state index in [9.17, 15) is 14.4 Å². The molecular formula is C17H20N4O5. The predicted octanol–water partition coefficient (Wildman–Crippen LogP) is 1.03. The van der Waals surface area contributed by atoms with Crippen LogP contribution in [0.4, 0.5) is 10.5 Å². The van der Waals surface area contributed by atoms with Crippen LogP contribution in [0.1, 0.15) is 32.8 Å². The average molecular weight is 360 g/mol. The highest BCUT2D eigenvalue weighted by molar-refractivity contribution is 5.99. The number of nitrogens with one attached hydrogen (secondary N) is 2. The molecular weight excluding hydrogens is 340 g/mol. The standard InChI is InChI=1S/C17H20N4O5/c1-17(2,3)26-16(24)20-10(14(19)22)7-12-15(23)21-13-9(8-18)5-4-6-11(13)25-12/h4-6,10,12H,7H2,1-3H3,(H2,19,22)(H,20,24)(H,21,23)/t10?,12-/m0/s1. The van der Waals surface area contributed by atoms with Gasteiger partial charge in [-0.05, 0) is 32.9 Å². The molecule has 0 spiro atoms. The molecule has 1 aliphatic heterocycles. The van der Waals surface area contributed by atoms with Crippen molar-refractivity contribution in [1.82, 2.24) is 5.32 Å². The molecule has 0 fully saturated rings. The number of anilines is 1. The van der Waals surface area contributed by atoms with Crippen molar-refractivity contribution in [3.63, 3.8) is 0 Å². The second kappa shape index (κ2) is 7.31. The van der Waals surface area contributed by atoms with E-state index < -0.39 is 35.7 Å². The number of nitrogens with zero attached hydrogens (tertiary/aromatic N) is 1. The Bertz CT molecular complexity index is 778. The number of carbonyl (C=O) groups is 3. The number of amides is 3. The van der Waals surface area contributed by atoms with Crippen LogP contribution in [0.15, 0.2) is 18.2 Å². The first kappa shape index (κ1) is 19.1. The minimum absolute atomic E-state index is 0.184. The predicted molar refractivity (Wildman–Crippen MR) is 91.2 cm³/mol. The van der Waals surface area contributed by atoms with Crippen molar-refractivity contribution in [2.24, 2.45) is 5.73 Å². The molecule has 0 aromatic heterocycles. The van der Waals surface area contributed by atoms with Crippen LogP contribution in [0, 0.1) is 11.3 Å². The Labute approximate surface area is 150 Å². The van der Waals surface area contributed by atoms with Gasteiger partial charge in [-0.3, -0.25) is 9.59 Å². The first-order valence-electron chi connectivity index (χ1n) is 7.90. The molecule has 1 aromatic rings. The number of rotatable bonds is 4. The van der Waals surface area contributed by atoms with Gasteiger partial charge < -0.3 is 25.8 Å². The van der Waals surface area contributed by atoms with Crippen LogP contribution >= 0.6 is 0 Å². The fourth-order valence-corrected chi connectivity index (χ4v) is 2.33. The van der Waals surface area contributed by atoms with Crippen molar-refractivity contribution in [3.8, 4) is 11.8 Å². The molecule has 0 radical (unpaired) electrons. The highest BCUT2D eigenvalue weighted by Gasteiger charge is 2.34. The number of primary amides is 1. The van der Waals surface area contributed by atoms with Crippen molar-refractivity contribution in [3.05, 3.63) is 23.8 Å². The van der Waals surface area contributed by atoms with Crippen molar-refractivity contribution in [1.29, 1.82) is 5.26 Å². The van der Waals surface area contributed by atoms with Gasteiger partial charge in [0.15, 0.2) is 6.10 Å². The highest BCUT2D eigenvalue weighted by atomic mass is 16.6. The lowest BCUT2D eigenvalue weighted by atomic mass is 10.0. The maximum atomic E-state index is 12.3. The monoisotopic (exact) mass is 360 g/mol. The summed E-state index contributed by atoms with van der Waals surface area (Å²) >= 11 is 0. The van der Waals surface area contributed by atoms with Crippen LogP contribution in [-0.2, 0) is 14.3 Å². The van der Waals surface area contributed by atoms with Crippen molar-refractivity contribution in [2.45, 2.75) is 44.9 Å². The van der Waals surface area contributed by atoms with Crippen LogP contribution in [0.3, 0.4) is 0 Å². The molecule has 138 valence electrons. The molecule has 3 amide bonds. The Kier molecular flexibility index (Phi) is 5.35. The van der Waals surface area contributed by atoms with Gasteiger partial charge in [0.1, 0.15) is 29.1 Å². The zero-order chi connectivity index (χ0) is 19.5. The molecule has 2 atom stereocenters. The summed E-state index contributed by atoms with van der Waals surface area (Å²) in [6.45, 7) is 5.02. The van der Waals surface area contributed by atoms with Crippen LogP contribution in [0.2, 0.25) is 0 Å². The first-order chi connectivity index (χ1) is 12.1. The summed E-state index contributed by atoms with van der Waals surface area (Å²) in [5.74, 6) is -1.07.